The number of likely N-dealkylation sites (tertiary alicyclic amines) is 1. The summed E-state index contributed by atoms with van der Waals surface area (Å²) in [5, 5.41) is 3.19. The molecule has 1 aromatic carbocycles. The molecule has 1 aliphatic heterocycles. The van der Waals surface area contributed by atoms with Crippen LogP contribution in [0.4, 0.5) is 5.69 Å². The van der Waals surface area contributed by atoms with Crippen LogP contribution in [0.25, 0.3) is 0 Å². The number of rotatable bonds is 6. The number of amides is 1. The third kappa shape index (κ3) is 4.98. The van der Waals surface area contributed by atoms with E-state index < -0.39 is 0 Å². The van der Waals surface area contributed by atoms with Crippen molar-refractivity contribution in [1.29, 1.82) is 0 Å². The van der Waals surface area contributed by atoms with Gasteiger partial charge in [-0.3, -0.25) is 4.79 Å². The maximum Gasteiger partial charge on any atom is 0.340 e. The average Bonchev–Trinajstić information content (AvgIpc) is 2.55. The molecule has 1 aromatic rings. The molecule has 1 amide bonds. The van der Waals surface area contributed by atoms with E-state index in [2.05, 4.69) is 12.2 Å². The number of carbonyl (C=O) groups excluding carboxylic acids is 2. The Hall–Kier alpha value is -2.04. The van der Waals surface area contributed by atoms with Gasteiger partial charge in [-0.05, 0) is 37.8 Å². The molecule has 0 saturated carbocycles. The Morgan fingerprint density at radius 1 is 1.35 bits per heavy atom. The minimum atomic E-state index is -0.341. The van der Waals surface area contributed by atoms with Crippen molar-refractivity contribution in [2.75, 3.05) is 31.6 Å². The van der Waals surface area contributed by atoms with E-state index in [4.69, 9.17) is 4.74 Å². The predicted octanol–water partition coefficient (Wildman–Crippen LogP) is 2.92. The van der Waals surface area contributed by atoms with Gasteiger partial charge in [-0.15, -0.1) is 0 Å². The molecule has 126 valence electrons. The zero-order valence-corrected chi connectivity index (χ0v) is 14.0. The SMILES string of the molecule is CCOC(=O)c1ccccc1NCCC(=O)N1CCCC(C)C1. The van der Waals surface area contributed by atoms with Crippen LogP contribution in [0, 0.1) is 5.92 Å². The molecular formula is C18H26N2O3. The molecule has 1 saturated heterocycles. The Morgan fingerprint density at radius 2 is 2.13 bits per heavy atom. The highest BCUT2D eigenvalue weighted by Crippen LogP contribution is 2.18. The standard InChI is InChI=1S/C18H26N2O3/c1-3-23-18(22)15-8-4-5-9-16(15)19-11-10-17(21)20-12-6-7-14(2)13-20/h4-5,8-9,14,19H,3,6-7,10-13H2,1-2H3. The number of para-hydroxylation sites is 1. The monoisotopic (exact) mass is 318 g/mol. The molecule has 0 spiro atoms. The number of nitrogens with zero attached hydrogens (tertiary/aromatic N) is 1. The first-order valence-corrected chi connectivity index (χ1v) is 8.39. The summed E-state index contributed by atoms with van der Waals surface area (Å²) in [5.41, 5.74) is 1.22. The smallest absolute Gasteiger partial charge is 0.340 e. The van der Waals surface area contributed by atoms with E-state index in [-0.39, 0.29) is 11.9 Å². The van der Waals surface area contributed by atoms with Crippen molar-refractivity contribution in [1.82, 2.24) is 4.90 Å². The first-order valence-electron chi connectivity index (χ1n) is 8.39. The van der Waals surface area contributed by atoms with Crippen molar-refractivity contribution in [3.8, 4) is 0 Å². The summed E-state index contributed by atoms with van der Waals surface area (Å²) in [7, 11) is 0. The maximum absolute atomic E-state index is 12.2. The molecule has 1 heterocycles. The lowest BCUT2D eigenvalue weighted by atomic mass is 10.00. The van der Waals surface area contributed by atoms with Gasteiger partial charge in [0.25, 0.3) is 0 Å². The van der Waals surface area contributed by atoms with Gasteiger partial charge in [0, 0.05) is 31.7 Å². The Bertz CT molecular complexity index is 545. The lowest BCUT2D eigenvalue weighted by molar-refractivity contribution is -0.132. The summed E-state index contributed by atoms with van der Waals surface area (Å²) in [6.07, 6.45) is 2.73. The van der Waals surface area contributed by atoms with Crippen LogP contribution in [-0.4, -0.2) is 43.0 Å². The van der Waals surface area contributed by atoms with Crippen LogP contribution in [0.3, 0.4) is 0 Å². The Morgan fingerprint density at radius 3 is 2.87 bits per heavy atom. The number of ether oxygens (including phenoxy) is 1. The predicted molar refractivity (Wildman–Crippen MR) is 90.5 cm³/mol. The lowest BCUT2D eigenvalue weighted by Gasteiger charge is -2.31. The van der Waals surface area contributed by atoms with E-state index in [1.54, 1.807) is 19.1 Å². The number of hydrogen-bond donors (Lipinski definition) is 1. The molecule has 0 aromatic heterocycles. The average molecular weight is 318 g/mol. The fraction of sp³-hybridized carbons (Fsp3) is 0.556. The molecule has 23 heavy (non-hydrogen) atoms. The second kappa shape index (κ2) is 8.56. The normalized spacial score (nSPS) is 17.7. The summed E-state index contributed by atoms with van der Waals surface area (Å²) < 4.78 is 5.05. The molecule has 1 unspecified atom stereocenters. The molecule has 2 rings (SSSR count). The quantitative estimate of drug-likeness (QED) is 0.819. The van der Waals surface area contributed by atoms with Crippen molar-refractivity contribution in [3.05, 3.63) is 29.8 Å². The fourth-order valence-corrected chi connectivity index (χ4v) is 2.90. The third-order valence-corrected chi connectivity index (χ3v) is 4.09. The number of nitrogens with one attached hydrogen (secondary N) is 1. The van der Waals surface area contributed by atoms with Gasteiger partial charge in [-0.1, -0.05) is 19.1 Å². The molecule has 5 nitrogen and oxygen atoms in total. The summed E-state index contributed by atoms with van der Waals surface area (Å²) >= 11 is 0. The number of carbonyl (C=O) groups is 2. The molecule has 1 aliphatic rings. The molecule has 0 radical (unpaired) electrons. The molecule has 1 atom stereocenters. The molecule has 1 N–H and O–H groups in total. The summed E-state index contributed by atoms with van der Waals surface area (Å²) in [5.74, 6) is 0.426. The fourth-order valence-electron chi connectivity index (χ4n) is 2.90. The zero-order valence-electron chi connectivity index (χ0n) is 14.0. The van der Waals surface area contributed by atoms with Crippen LogP contribution in [0.15, 0.2) is 24.3 Å². The van der Waals surface area contributed by atoms with Crippen molar-refractivity contribution in [2.24, 2.45) is 5.92 Å². The highest BCUT2D eigenvalue weighted by atomic mass is 16.5. The van der Waals surface area contributed by atoms with E-state index in [9.17, 15) is 9.59 Å². The Balaban J connectivity index is 1.86. The minimum absolute atomic E-state index is 0.178. The maximum atomic E-state index is 12.2. The first-order chi connectivity index (χ1) is 11.1. The van der Waals surface area contributed by atoms with E-state index in [0.717, 1.165) is 19.5 Å². The van der Waals surface area contributed by atoms with E-state index in [1.165, 1.54) is 6.42 Å². The van der Waals surface area contributed by atoms with Gasteiger partial charge in [0.2, 0.25) is 5.91 Å². The van der Waals surface area contributed by atoms with Crippen molar-refractivity contribution in [3.63, 3.8) is 0 Å². The molecule has 0 bridgehead atoms. The van der Waals surface area contributed by atoms with Gasteiger partial charge in [0.15, 0.2) is 0 Å². The number of piperidine rings is 1. The molecule has 1 fully saturated rings. The first kappa shape index (κ1) is 17.3. The third-order valence-electron chi connectivity index (χ3n) is 4.09. The van der Waals surface area contributed by atoms with Gasteiger partial charge in [0.1, 0.15) is 0 Å². The number of benzene rings is 1. The Labute approximate surface area is 138 Å². The van der Waals surface area contributed by atoms with Gasteiger partial charge in [-0.2, -0.15) is 0 Å². The summed E-state index contributed by atoms with van der Waals surface area (Å²) in [4.78, 5) is 26.1. The van der Waals surface area contributed by atoms with Gasteiger partial charge >= 0.3 is 5.97 Å². The molecule has 5 heteroatoms. The van der Waals surface area contributed by atoms with E-state index >= 15 is 0 Å². The van der Waals surface area contributed by atoms with E-state index in [0.29, 0.717) is 36.7 Å². The van der Waals surface area contributed by atoms with Crippen LogP contribution >= 0.6 is 0 Å². The van der Waals surface area contributed by atoms with E-state index in [1.807, 2.05) is 17.0 Å². The van der Waals surface area contributed by atoms with Gasteiger partial charge in [-0.25, -0.2) is 4.79 Å². The molecular weight excluding hydrogens is 292 g/mol. The Kier molecular flexibility index (Phi) is 6.44. The van der Waals surface area contributed by atoms with Crippen molar-refractivity contribution < 1.29 is 14.3 Å². The van der Waals surface area contributed by atoms with Crippen LogP contribution < -0.4 is 5.32 Å². The van der Waals surface area contributed by atoms with Crippen LogP contribution in [-0.2, 0) is 9.53 Å². The largest absolute Gasteiger partial charge is 0.462 e. The minimum Gasteiger partial charge on any atom is -0.462 e. The van der Waals surface area contributed by atoms with Crippen LogP contribution in [0.2, 0.25) is 0 Å². The topological polar surface area (TPSA) is 58.6 Å². The van der Waals surface area contributed by atoms with Gasteiger partial charge < -0.3 is 15.0 Å². The number of esters is 1. The summed E-state index contributed by atoms with van der Waals surface area (Å²) in [6.45, 7) is 6.55. The van der Waals surface area contributed by atoms with Gasteiger partial charge in [0.05, 0.1) is 12.2 Å². The second-order valence-electron chi connectivity index (χ2n) is 6.03. The summed E-state index contributed by atoms with van der Waals surface area (Å²) in [6, 6.07) is 7.23. The number of anilines is 1. The van der Waals surface area contributed by atoms with Crippen LogP contribution in [0.1, 0.15) is 43.5 Å². The van der Waals surface area contributed by atoms with Crippen molar-refractivity contribution >= 4 is 17.6 Å². The zero-order chi connectivity index (χ0) is 16.7. The van der Waals surface area contributed by atoms with Crippen molar-refractivity contribution in [2.45, 2.75) is 33.1 Å². The number of hydrogen-bond acceptors (Lipinski definition) is 4. The highest BCUT2D eigenvalue weighted by molar-refractivity contribution is 5.95. The van der Waals surface area contributed by atoms with Crippen LogP contribution in [0.5, 0.6) is 0 Å². The molecule has 0 aliphatic carbocycles. The lowest BCUT2D eigenvalue weighted by Crippen LogP contribution is -2.39. The second-order valence-corrected chi connectivity index (χ2v) is 6.03. The highest BCUT2D eigenvalue weighted by Gasteiger charge is 2.20.